The summed E-state index contributed by atoms with van der Waals surface area (Å²) in [6.07, 6.45) is 0.737. The number of hydrogen-bond donors (Lipinski definition) is 1. The number of nitrogens with one attached hydrogen (secondary N) is 1. The summed E-state index contributed by atoms with van der Waals surface area (Å²) in [7, 11) is -2.63. The quantitative estimate of drug-likeness (QED) is 0.310. The van der Waals surface area contributed by atoms with Gasteiger partial charge in [-0.3, -0.25) is 13.9 Å². The van der Waals surface area contributed by atoms with Crippen molar-refractivity contribution in [2.45, 2.75) is 50.7 Å². The maximum atomic E-state index is 13.9. The van der Waals surface area contributed by atoms with Gasteiger partial charge in [0.25, 0.3) is 10.0 Å². The Morgan fingerprint density at radius 2 is 1.56 bits per heavy atom. The van der Waals surface area contributed by atoms with Crippen LogP contribution in [0.2, 0.25) is 0 Å². The number of ether oxygens (including phenoxy) is 1. The third kappa shape index (κ3) is 7.83. The molecule has 208 valence electrons. The van der Waals surface area contributed by atoms with Crippen molar-refractivity contribution in [2.75, 3.05) is 18.0 Å². The number of halogens is 1. The Morgan fingerprint density at radius 1 is 0.949 bits per heavy atom. The number of benzene rings is 3. The van der Waals surface area contributed by atoms with E-state index in [0.29, 0.717) is 11.4 Å². The number of para-hydroxylation sites is 1. The molecule has 0 aromatic heterocycles. The minimum absolute atomic E-state index is 0.0157. The number of nitrogens with zero attached hydrogens (tertiary/aromatic N) is 2. The zero-order chi connectivity index (χ0) is 28.6. The Balaban J connectivity index is 1.99. The highest BCUT2D eigenvalue weighted by Gasteiger charge is 2.32. The first kappa shape index (κ1) is 30.2. The summed E-state index contributed by atoms with van der Waals surface area (Å²) in [5.41, 5.74) is 1.14. The second kappa shape index (κ2) is 13.6. The lowest BCUT2D eigenvalue weighted by Gasteiger charge is -2.32. The normalized spacial score (nSPS) is 12.7. The number of hydrogen-bond acceptors (Lipinski definition) is 5. The molecule has 39 heavy (non-hydrogen) atoms. The molecule has 0 unspecified atom stereocenters. The average Bonchev–Trinajstić information content (AvgIpc) is 2.95. The lowest BCUT2D eigenvalue weighted by Crippen LogP contribution is -2.52. The molecule has 0 fully saturated rings. The zero-order valence-electron chi connectivity index (χ0n) is 22.5. The van der Waals surface area contributed by atoms with Gasteiger partial charge in [0.1, 0.15) is 18.3 Å². The van der Waals surface area contributed by atoms with Crippen molar-refractivity contribution in [1.82, 2.24) is 10.2 Å². The fourth-order valence-corrected chi connectivity index (χ4v) is 5.51. The zero-order valence-corrected chi connectivity index (χ0v) is 24.9. The predicted octanol–water partition coefficient (Wildman–Crippen LogP) is 4.99. The summed E-state index contributed by atoms with van der Waals surface area (Å²) < 4.78 is 34.7. The summed E-state index contributed by atoms with van der Waals surface area (Å²) in [6, 6.07) is 20.9. The van der Waals surface area contributed by atoms with Gasteiger partial charge in [0.15, 0.2) is 0 Å². The third-order valence-corrected chi connectivity index (χ3v) is 8.72. The summed E-state index contributed by atoms with van der Waals surface area (Å²) in [5.74, 6) is -0.303. The summed E-state index contributed by atoms with van der Waals surface area (Å²) in [5, 5.41) is 2.93. The molecule has 1 N–H and O–H groups in total. The van der Waals surface area contributed by atoms with Crippen LogP contribution in [0.3, 0.4) is 0 Å². The van der Waals surface area contributed by atoms with Gasteiger partial charge in [-0.25, -0.2) is 8.42 Å². The topological polar surface area (TPSA) is 96.0 Å². The van der Waals surface area contributed by atoms with E-state index in [1.807, 2.05) is 38.1 Å². The molecule has 0 radical (unpaired) electrons. The molecule has 3 rings (SSSR count). The smallest absolute Gasteiger partial charge is 0.264 e. The number of carbonyl (C=O) groups is 2. The van der Waals surface area contributed by atoms with E-state index >= 15 is 0 Å². The molecule has 0 heterocycles. The molecule has 0 bridgehead atoms. The largest absolute Gasteiger partial charge is 0.497 e. The van der Waals surface area contributed by atoms with Crippen LogP contribution in [0.5, 0.6) is 5.75 Å². The van der Waals surface area contributed by atoms with Crippen molar-refractivity contribution in [1.29, 1.82) is 0 Å². The SMILES string of the molecule is CC[C@@H](C)NC(=O)[C@@H](C)N(Cc1ccc(Br)cc1)C(=O)CN(c1ccccc1)S(=O)(=O)c1ccc(OC)cc1. The molecule has 8 nitrogen and oxygen atoms in total. The number of rotatable bonds is 12. The van der Waals surface area contributed by atoms with Gasteiger partial charge in [-0.2, -0.15) is 0 Å². The van der Waals surface area contributed by atoms with Gasteiger partial charge in [-0.15, -0.1) is 0 Å². The van der Waals surface area contributed by atoms with E-state index in [1.165, 1.54) is 24.1 Å². The van der Waals surface area contributed by atoms with Crippen molar-refractivity contribution in [3.63, 3.8) is 0 Å². The first-order valence-electron chi connectivity index (χ1n) is 12.6. The lowest BCUT2D eigenvalue weighted by atomic mass is 10.1. The van der Waals surface area contributed by atoms with E-state index in [-0.39, 0.29) is 23.4 Å². The number of methoxy groups -OCH3 is 1. The fraction of sp³-hybridized carbons (Fsp3) is 0.310. The molecule has 10 heteroatoms. The van der Waals surface area contributed by atoms with E-state index in [0.717, 1.165) is 20.8 Å². The van der Waals surface area contributed by atoms with Crippen LogP contribution in [0.4, 0.5) is 5.69 Å². The van der Waals surface area contributed by atoms with Crippen LogP contribution >= 0.6 is 15.9 Å². The number of sulfonamides is 1. The van der Waals surface area contributed by atoms with Gasteiger partial charge in [-0.05, 0) is 74.4 Å². The highest BCUT2D eigenvalue weighted by molar-refractivity contribution is 9.10. The average molecular weight is 617 g/mol. The van der Waals surface area contributed by atoms with Crippen LogP contribution in [0.25, 0.3) is 0 Å². The summed E-state index contributed by atoms with van der Waals surface area (Å²) in [6.45, 7) is 5.15. The molecule has 3 aromatic carbocycles. The van der Waals surface area contributed by atoms with Crippen LogP contribution in [0.1, 0.15) is 32.8 Å². The summed E-state index contributed by atoms with van der Waals surface area (Å²) in [4.78, 5) is 28.4. The second-order valence-electron chi connectivity index (χ2n) is 9.16. The van der Waals surface area contributed by atoms with Crippen molar-refractivity contribution < 1.29 is 22.7 Å². The minimum atomic E-state index is -4.13. The van der Waals surface area contributed by atoms with E-state index in [2.05, 4.69) is 21.2 Å². The first-order chi connectivity index (χ1) is 18.6. The Hall–Kier alpha value is -3.37. The van der Waals surface area contributed by atoms with Crippen molar-refractivity contribution in [2.24, 2.45) is 0 Å². The van der Waals surface area contributed by atoms with Crippen LogP contribution in [0, 0.1) is 0 Å². The van der Waals surface area contributed by atoms with E-state index in [9.17, 15) is 18.0 Å². The Kier molecular flexibility index (Phi) is 10.5. The van der Waals surface area contributed by atoms with Gasteiger partial charge in [0.05, 0.1) is 17.7 Å². The predicted molar refractivity (Wildman–Crippen MR) is 156 cm³/mol. The fourth-order valence-electron chi connectivity index (χ4n) is 3.83. The van der Waals surface area contributed by atoms with Crippen molar-refractivity contribution in [3.8, 4) is 5.75 Å². The Labute approximate surface area is 239 Å². The maximum Gasteiger partial charge on any atom is 0.264 e. The molecule has 0 aliphatic heterocycles. The second-order valence-corrected chi connectivity index (χ2v) is 11.9. The number of carbonyl (C=O) groups excluding carboxylic acids is 2. The number of amides is 2. The van der Waals surface area contributed by atoms with Gasteiger partial charge in [-0.1, -0.05) is 53.2 Å². The van der Waals surface area contributed by atoms with E-state index in [1.54, 1.807) is 49.4 Å². The van der Waals surface area contributed by atoms with Gasteiger partial charge in [0.2, 0.25) is 11.8 Å². The molecule has 0 aliphatic rings. The Bertz CT molecular complexity index is 1350. The van der Waals surface area contributed by atoms with Crippen molar-refractivity contribution >= 4 is 43.5 Å². The third-order valence-electron chi connectivity index (χ3n) is 6.40. The van der Waals surface area contributed by atoms with Crippen LogP contribution < -0.4 is 14.4 Å². The molecular weight excluding hydrogens is 582 g/mol. The van der Waals surface area contributed by atoms with E-state index in [4.69, 9.17) is 4.74 Å². The van der Waals surface area contributed by atoms with Crippen LogP contribution in [-0.2, 0) is 26.2 Å². The highest BCUT2D eigenvalue weighted by atomic mass is 79.9. The lowest BCUT2D eigenvalue weighted by molar-refractivity contribution is -0.139. The van der Waals surface area contributed by atoms with Crippen LogP contribution in [-0.4, -0.2) is 50.9 Å². The summed E-state index contributed by atoms with van der Waals surface area (Å²) >= 11 is 3.41. The standard InChI is InChI=1S/C29H34BrN3O5S/c1-5-21(2)31-29(35)22(3)32(19-23-11-13-24(30)14-12-23)28(34)20-33(25-9-7-6-8-10-25)39(36,37)27-17-15-26(38-4)16-18-27/h6-18,21-22H,5,19-20H2,1-4H3,(H,31,35)/t21-,22-/m1/s1. The molecule has 0 saturated carbocycles. The van der Waals surface area contributed by atoms with Crippen molar-refractivity contribution in [3.05, 3.63) is 88.9 Å². The molecule has 2 atom stereocenters. The minimum Gasteiger partial charge on any atom is -0.497 e. The highest BCUT2D eigenvalue weighted by Crippen LogP contribution is 2.26. The van der Waals surface area contributed by atoms with Gasteiger partial charge in [0, 0.05) is 17.1 Å². The maximum absolute atomic E-state index is 13.9. The molecular formula is C29H34BrN3O5S. The molecule has 3 aromatic rings. The molecule has 2 amide bonds. The molecule has 0 aliphatic carbocycles. The monoisotopic (exact) mass is 615 g/mol. The molecule has 0 saturated heterocycles. The molecule has 0 spiro atoms. The van der Waals surface area contributed by atoms with Gasteiger partial charge < -0.3 is 15.0 Å². The first-order valence-corrected chi connectivity index (χ1v) is 14.9. The number of anilines is 1. The Morgan fingerprint density at radius 3 is 2.13 bits per heavy atom. The van der Waals surface area contributed by atoms with Gasteiger partial charge >= 0.3 is 0 Å². The van der Waals surface area contributed by atoms with Crippen LogP contribution in [0.15, 0.2) is 88.2 Å². The van der Waals surface area contributed by atoms with E-state index < -0.39 is 28.5 Å².